The van der Waals surface area contributed by atoms with Crippen LogP contribution in [0.3, 0.4) is 0 Å². The first-order valence-corrected chi connectivity index (χ1v) is 6.25. The lowest BCUT2D eigenvalue weighted by Gasteiger charge is -2.25. The van der Waals surface area contributed by atoms with Gasteiger partial charge in [-0.25, -0.2) is 0 Å². The van der Waals surface area contributed by atoms with Crippen LogP contribution >= 0.6 is 15.9 Å². The van der Waals surface area contributed by atoms with E-state index in [0.29, 0.717) is 12.2 Å². The number of nitrogens with zero attached hydrogens (tertiary/aromatic N) is 1. The molecule has 0 saturated heterocycles. The molecule has 17 heavy (non-hydrogen) atoms. The van der Waals surface area contributed by atoms with Gasteiger partial charge in [-0.3, -0.25) is 9.69 Å². The van der Waals surface area contributed by atoms with Gasteiger partial charge >= 0.3 is 0 Å². The van der Waals surface area contributed by atoms with Crippen LogP contribution in [0.4, 0.5) is 5.69 Å². The van der Waals surface area contributed by atoms with Gasteiger partial charge in [-0.1, -0.05) is 15.9 Å². The first kappa shape index (κ1) is 14.0. The second-order valence-electron chi connectivity index (χ2n) is 4.36. The van der Waals surface area contributed by atoms with Gasteiger partial charge in [-0.15, -0.1) is 0 Å². The molecule has 0 heterocycles. The van der Waals surface area contributed by atoms with Crippen LogP contribution in [0.2, 0.25) is 0 Å². The van der Waals surface area contributed by atoms with Crippen molar-refractivity contribution in [3.8, 4) is 0 Å². The van der Waals surface area contributed by atoms with Gasteiger partial charge in [-0.05, 0) is 37.6 Å². The summed E-state index contributed by atoms with van der Waals surface area (Å²) in [6.45, 7) is 4.98. The molecule has 0 aromatic heterocycles. The maximum absolute atomic E-state index is 11.0. The first-order valence-electron chi connectivity index (χ1n) is 5.45. The minimum absolute atomic E-state index is 0.253. The van der Waals surface area contributed by atoms with Crippen LogP contribution in [0.5, 0.6) is 0 Å². The number of primary amides is 1. The molecule has 94 valence electrons. The lowest BCUT2D eigenvalue weighted by atomic mass is 10.1. The number of hydrogen-bond donors (Lipinski definition) is 2. The zero-order chi connectivity index (χ0) is 13.0. The third kappa shape index (κ3) is 4.75. The number of rotatable bonds is 5. The number of carbonyl (C=O) groups is 1. The molecule has 0 fully saturated rings. The molecule has 0 aliphatic rings. The molecule has 5 heteroatoms. The summed E-state index contributed by atoms with van der Waals surface area (Å²) in [5.74, 6) is -0.318. The predicted octanol–water partition coefficient (Wildman–Crippen LogP) is 1.73. The molecule has 1 aromatic rings. The van der Waals surface area contributed by atoms with Crippen LogP contribution in [0.15, 0.2) is 22.7 Å². The number of nitrogen functional groups attached to an aromatic ring is 1. The summed E-state index contributed by atoms with van der Waals surface area (Å²) in [5.41, 5.74) is 12.8. The molecule has 0 saturated carbocycles. The lowest BCUT2D eigenvalue weighted by molar-refractivity contribution is -0.119. The summed E-state index contributed by atoms with van der Waals surface area (Å²) < 4.78 is 0.940. The maximum Gasteiger partial charge on any atom is 0.231 e. The van der Waals surface area contributed by atoms with E-state index in [1.54, 1.807) is 0 Å². The van der Waals surface area contributed by atoms with Crippen molar-refractivity contribution in [2.45, 2.75) is 26.4 Å². The van der Waals surface area contributed by atoms with E-state index in [0.717, 1.165) is 10.0 Å². The van der Waals surface area contributed by atoms with Crippen molar-refractivity contribution < 1.29 is 4.79 Å². The molecule has 0 aliphatic carbocycles. The molecule has 1 rings (SSSR count). The van der Waals surface area contributed by atoms with E-state index in [1.807, 2.05) is 36.9 Å². The first-order chi connectivity index (χ1) is 7.88. The van der Waals surface area contributed by atoms with Crippen LogP contribution in [-0.4, -0.2) is 23.4 Å². The molecule has 1 aromatic carbocycles. The minimum atomic E-state index is -0.318. The standard InChI is InChI=1S/C12H18BrN3O/c1-8(2)16(7-12(15)17)6-9-3-10(13)5-11(14)4-9/h3-5,8H,6-7,14H2,1-2H3,(H2,15,17). The smallest absolute Gasteiger partial charge is 0.231 e. The van der Waals surface area contributed by atoms with Crippen molar-refractivity contribution in [1.29, 1.82) is 0 Å². The zero-order valence-corrected chi connectivity index (χ0v) is 11.7. The fraction of sp³-hybridized carbons (Fsp3) is 0.417. The van der Waals surface area contributed by atoms with E-state index in [9.17, 15) is 4.79 Å². The molecule has 0 radical (unpaired) electrons. The van der Waals surface area contributed by atoms with Crippen LogP contribution in [-0.2, 0) is 11.3 Å². The molecule has 1 amide bonds. The zero-order valence-electron chi connectivity index (χ0n) is 10.1. The van der Waals surface area contributed by atoms with E-state index < -0.39 is 0 Å². The Balaban J connectivity index is 2.81. The van der Waals surface area contributed by atoms with E-state index in [1.165, 1.54) is 0 Å². The summed E-state index contributed by atoms with van der Waals surface area (Å²) in [4.78, 5) is 13.0. The Morgan fingerprint density at radius 1 is 1.41 bits per heavy atom. The fourth-order valence-electron chi connectivity index (χ4n) is 1.62. The van der Waals surface area contributed by atoms with Gasteiger partial charge in [0.25, 0.3) is 0 Å². The van der Waals surface area contributed by atoms with Crippen LogP contribution in [0.1, 0.15) is 19.4 Å². The van der Waals surface area contributed by atoms with E-state index >= 15 is 0 Å². The van der Waals surface area contributed by atoms with E-state index in [2.05, 4.69) is 15.9 Å². The third-order valence-corrected chi connectivity index (χ3v) is 2.91. The van der Waals surface area contributed by atoms with Gasteiger partial charge in [0, 0.05) is 22.7 Å². The highest BCUT2D eigenvalue weighted by Crippen LogP contribution is 2.19. The van der Waals surface area contributed by atoms with Crippen molar-refractivity contribution in [2.75, 3.05) is 12.3 Å². The number of anilines is 1. The normalized spacial score (nSPS) is 11.1. The Hall–Kier alpha value is -1.07. The second kappa shape index (κ2) is 6.02. The number of hydrogen-bond acceptors (Lipinski definition) is 3. The summed E-state index contributed by atoms with van der Waals surface area (Å²) in [5, 5.41) is 0. The van der Waals surface area contributed by atoms with Gasteiger partial charge in [0.1, 0.15) is 0 Å². The van der Waals surface area contributed by atoms with Crippen LogP contribution in [0, 0.1) is 0 Å². The highest BCUT2D eigenvalue weighted by Gasteiger charge is 2.13. The Labute approximate surface area is 110 Å². The van der Waals surface area contributed by atoms with Crippen LogP contribution in [0.25, 0.3) is 0 Å². The average molecular weight is 300 g/mol. The Bertz CT molecular complexity index is 386. The van der Waals surface area contributed by atoms with Crippen molar-refractivity contribution in [1.82, 2.24) is 4.90 Å². The van der Waals surface area contributed by atoms with Crippen LogP contribution < -0.4 is 11.5 Å². The highest BCUT2D eigenvalue weighted by atomic mass is 79.9. The van der Waals surface area contributed by atoms with Gasteiger partial charge in [0.15, 0.2) is 0 Å². The lowest BCUT2D eigenvalue weighted by Crippen LogP contribution is -2.37. The summed E-state index contributed by atoms with van der Waals surface area (Å²) in [6, 6.07) is 5.99. The molecule has 4 N–H and O–H groups in total. The number of amides is 1. The molecular weight excluding hydrogens is 282 g/mol. The molecule has 0 aliphatic heterocycles. The monoisotopic (exact) mass is 299 g/mol. The summed E-state index contributed by atoms with van der Waals surface area (Å²) >= 11 is 3.40. The Kier molecular flexibility index (Phi) is 4.96. The average Bonchev–Trinajstić information content (AvgIpc) is 2.13. The SMILES string of the molecule is CC(C)N(CC(N)=O)Cc1cc(N)cc(Br)c1. The Morgan fingerprint density at radius 3 is 2.53 bits per heavy atom. The number of nitrogens with two attached hydrogens (primary N) is 2. The predicted molar refractivity (Wildman–Crippen MR) is 73.3 cm³/mol. The summed E-state index contributed by atoms with van der Waals surface area (Å²) in [7, 11) is 0. The Morgan fingerprint density at radius 2 is 2.06 bits per heavy atom. The molecule has 0 spiro atoms. The number of halogens is 1. The fourth-order valence-corrected chi connectivity index (χ4v) is 2.18. The molecule has 0 unspecified atom stereocenters. The number of carbonyl (C=O) groups excluding carboxylic acids is 1. The van der Waals surface area contributed by atoms with Crippen molar-refractivity contribution >= 4 is 27.5 Å². The van der Waals surface area contributed by atoms with E-state index in [4.69, 9.17) is 11.5 Å². The van der Waals surface area contributed by atoms with Crippen molar-refractivity contribution in [3.63, 3.8) is 0 Å². The quantitative estimate of drug-likeness (QED) is 0.813. The van der Waals surface area contributed by atoms with Gasteiger partial charge < -0.3 is 11.5 Å². The molecule has 0 bridgehead atoms. The highest BCUT2D eigenvalue weighted by molar-refractivity contribution is 9.10. The van der Waals surface area contributed by atoms with Gasteiger partial charge in [0.2, 0.25) is 5.91 Å². The van der Waals surface area contributed by atoms with Gasteiger partial charge in [0.05, 0.1) is 6.54 Å². The second-order valence-corrected chi connectivity index (χ2v) is 5.27. The van der Waals surface area contributed by atoms with Gasteiger partial charge in [-0.2, -0.15) is 0 Å². The third-order valence-electron chi connectivity index (χ3n) is 2.45. The number of benzene rings is 1. The molecule has 4 nitrogen and oxygen atoms in total. The van der Waals surface area contributed by atoms with E-state index in [-0.39, 0.29) is 18.5 Å². The topological polar surface area (TPSA) is 72.3 Å². The van der Waals surface area contributed by atoms with Crippen molar-refractivity contribution in [3.05, 3.63) is 28.2 Å². The minimum Gasteiger partial charge on any atom is -0.399 e. The van der Waals surface area contributed by atoms with Crippen molar-refractivity contribution in [2.24, 2.45) is 5.73 Å². The molecular formula is C12H18BrN3O. The maximum atomic E-state index is 11.0. The largest absolute Gasteiger partial charge is 0.399 e. The molecule has 0 atom stereocenters. The summed E-state index contributed by atoms with van der Waals surface area (Å²) in [6.07, 6.45) is 0.